The van der Waals surface area contributed by atoms with Gasteiger partial charge in [0.15, 0.2) is 15.8 Å². The summed E-state index contributed by atoms with van der Waals surface area (Å²) in [4.78, 5) is 5.01. The molecule has 0 unspecified atom stereocenters. The molecule has 1 aliphatic heterocycles. The maximum Gasteiger partial charge on any atom is 0.191 e. The Hall–Kier alpha value is -2.42. The fourth-order valence-corrected chi connectivity index (χ4v) is 4.72. The molecule has 0 saturated carbocycles. The number of hydrogen-bond acceptors (Lipinski definition) is 5. The van der Waals surface area contributed by atoms with E-state index in [2.05, 4.69) is 30.4 Å². The summed E-state index contributed by atoms with van der Waals surface area (Å²) in [5.74, 6) is 2.87. The van der Waals surface area contributed by atoms with Crippen molar-refractivity contribution in [2.45, 2.75) is 63.9 Å². The van der Waals surface area contributed by atoms with Gasteiger partial charge < -0.3 is 15.2 Å². The van der Waals surface area contributed by atoms with Crippen molar-refractivity contribution in [3.63, 3.8) is 0 Å². The van der Waals surface area contributed by atoms with Gasteiger partial charge in [-0.15, -0.1) is 10.2 Å². The quantitative estimate of drug-likeness (QED) is 0.513. The third-order valence-corrected chi connectivity index (χ3v) is 6.49. The van der Waals surface area contributed by atoms with Gasteiger partial charge in [0.25, 0.3) is 0 Å². The fourth-order valence-electron chi connectivity index (χ4n) is 3.76. The van der Waals surface area contributed by atoms with Gasteiger partial charge in [0.1, 0.15) is 11.6 Å². The first-order valence-corrected chi connectivity index (χ1v) is 12.5. The number of nitrogens with zero attached hydrogens (tertiary/aromatic N) is 4. The molecule has 1 aliphatic rings. The van der Waals surface area contributed by atoms with Gasteiger partial charge in [-0.05, 0) is 43.9 Å². The van der Waals surface area contributed by atoms with Crippen LogP contribution in [0.3, 0.4) is 0 Å². The molecule has 164 valence electrons. The number of guanidine groups is 1. The molecule has 0 aliphatic carbocycles. The van der Waals surface area contributed by atoms with Crippen LogP contribution in [0.15, 0.2) is 28.1 Å². The Kier molecular flexibility index (Phi) is 7.47. The molecule has 2 heterocycles. The third kappa shape index (κ3) is 5.81. The normalized spacial score (nSPS) is 14.8. The van der Waals surface area contributed by atoms with Crippen molar-refractivity contribution in [1.82, 2.24) is 25.4 Å². The molecule has 8 nitrogen and oxygen atoms in total. The second-order valence-electron chi connectivity index (χ2n) is 7.74. The van der Waals surface area contributed by atoms with Gasteiger partial charge in [-0.25, -0.2) is 13.4 Å². The van der Waals surface area contributed by atoms with E-state index in [1.165, 1.54) is 25.5 Å². The zero-order valence-corrected chi connectivity index (χ0v) is 18.9. The average Bonchev–Trinajstić information content (AvgIpc) is 2.91. The Labute approximate surface area is 179 Å². The summed E-state index contributed by atoms with van der Waals surface area (Å²) in [5, 5.41) is 15.4. The molecule has 0 bridgehead atoms. The van der Waals surface area contributed by atoms with Crippen LogP contribution in [-0.2, 0) is 35.8 Å². The van der Waals surface area contributed by atoms with Crippen LogP contribution < -0.4 is 10.6 Å². The van der Waals surface area contributed by atoms with E-state index in [4.69, 9.17) is 0 Å². The van der Waals surface area contributed by atoms with E-state index in [1.807, 2.05) is 26.0 Å². The average molecular weight is 433 g/mol. The summed E-state index contributed by atoms with van der Waals surface area (Å²) < 4.78 is 25.8. The van der Waals surface area contributed by atoms with Gasteiger partial charge in [0.05, 0.1) is 11.4 Å². The molecule has 9 heteroatoms. The van der Waals surface area contributed by atoms with Crippen LogP contribution in [0.25, 0.3) is 0 Å². The first kappa shape index (κ1) is 22.3. The van der Waals surface area contributed by atoms with E-state index in [0.29, 0.717) is 11.4 Å². The molecule has 1 aromatic carbocycles. The lowest BCUT2D eigenvalue weighted by Gasteiger charge is -2.12. The van der Waals surface area contributed by atoms with Gasteiger partial charge in [-0.3, -0.25) is 0 Å². The van der Waals surface area contributed by atoms with E-state index in [1.54, 1.807) is 6.07 Å². The SMILES string of the molecule is CCNC(=NCc1ccc(S(C)(=O)=O)c(C)c1)NCCc1nnc2n1CCCCC2. The number of benzene rings is 1. The van der Waals surface area contributed by atoms with Crippen LogP contribution in [0, 0.1) is 6.92 Å². The van der Waals surface area contributed by atoms with E-state index in [0.717, 1.165) is 61.2 Å². The van der Waals surface area contributed by atoms with Gasteiger partial charge in [-0.2, -0.15) is 0 Å². The zero-order valence-electron chi connectivity index (χ0n) is 18.1. The Bertz CT molecular complexity index is 997. The third-order valence-electron chi connectivity index (χ3n) is 5.23. The van der Waals surface area contributed by atoms with Crippen molar-refractivity contribution >= 4 is 15.8 Å². The summed E-state index contributed by atoms with van der Waals surface area (Å²) in [6.07, 6.45) is 6.67. The molecule has 1 aromatic heterocycles. The van der Waals surface area contributed by atoms with Crippen LogP contribution >= 0.6 is 0 Å². The maximum absolute atomic E-state index is 11.8. The van der Waals surface area contributed by atoms with Crippen molar-refractivity contribution in [1.29, 1.82) is 0 Å². The molecule has 30 heavy (non-hydrogen) atoms. The van der Waals surface area contributed by atoms with E-state index < -0.39 is 9.84 Å². The van der Waals surface area contributed by atoms with Crippen molar-refractivity contribution in [2.24, 2.45) is 4.99 Å². The van der Waals surface area contributed by atoms with Gasteiger partial charge in [-0.1, -0.05) is 18.6 Å². The monoisotopic (exact) mass is 432 g/mol. The van der Waals surface area contributed by atoms with Crippen LogP contribution in [-0.4, -0.2) is 48.5 Å². The van der Waals surface area contributed by atoms with Gasteiger partial charge in [0, 0.05) is 38.7 Å². The highest BCUT2D eigenvalue weighted by Crippen LogP contribution is 2.17. The highest BCUT2D eigenvalue weighted by molar-refractivity contribution is 7.90. The van der Waals surface area contributed by atoms with Crippen molar-refractivity contribution in [3.8, 4) is 0 Å². The number of aryl methyl sites for hydroxylation is 2. The van der Waals surface area contributed by atoms with Crippen LogP contribution in [0.5, 0.6) is 0 Å². The molecule has 0 saturated heterocycles. The molecule has 2 N–H and O–H groups in total. The number of fused-ring (bicyclic) bond motifs is 1. The minimum Gasteiger partial charge on any atom is -0.357 e. The van der Waals surface area contributed by atoms with Crippen molar-refractivity contribution in [3.05, 3.63) is 41.0 Å². The summed E-state index contributed by atoms with van der Waals surface area (Å²) in [6, 6.07) is 5.36. The highest BCUT2D eigenvalue weighted by atomic mass is 32.2. The lowest BCUT2D eigenvalue weighted by atomic mass is 10.1. The predicted molar refractivity (Wildman–Crippen MR) is 118 cm³/mol. The molecule has 0 amide bonds. The molecule has 0 fully saturated rings. The Balaban J connectivity index is 1.60. The topological polar surface area (TPSA) is 101 Å². The minimum absolute atomic E-state index is 0.368. The van der Waals surface area contributed by atoms with E-state index in [9.17, 15) is 8.42 Å². The molecule has 2 aromatic rings. The maximum atomic E-state index is 11.8. The molecule has 3 rings (SSSR count). The predicted octanol–water partition coefficient (Wildman–Crippen LogP) is 2.01. The second-order valence-corrected chi connectivity index (χ2v) is 9.72. The summed E-state index contributed by atoms with van der Waals surface area (Å²) in [7, 11) is -3.21. The minimum atomic E-state index is -3.21. The number of aromatic nitrogens is 3. The number of nitrogens with one attached hydrogen (secondary N) is 2. The van der Waals surface area contributed by atoms with Gasteiger partial charge in [0.2, 0.25) is 0 Å². The standard InChI is InChI=1S/C21H32N6O2S/c1-4-22-21(24-15-17-9-10-18(16(2)14-17)30(3,28)29)23-12-11-20-26-25-19-8-6-5-7-13-27(19)20/h9-10,14H,4-8,11-13,15H2,1-3H3,(H2,22,23,24). The lowest BCUT2D eigenvalue weighted by Crippen LogP contribution is -2.38. The van der Waals surface area contributed by atoms with Crippen LogP contribution in [0.4, 0.5) is 0 Å². The number of sulfone groups is 1. The molecule has 0 radical (unpaired) electrons. The van der Waals surface area contributed by atoms with E-state index >= 15 is 0 Å². The number of aliphatic imine (C=N–C) groups is 1. The Morgan fingerprint density at radius 1 is 1.20 bits per heavy atom. The number of rotatable bonds is 7. The van der Waals surface area contributed by atoms with Gasteiger partial charge >= 0.3 is 0 Å². The lowest BCUT2D eigenvalue weighted by molar-refractivity contribution is 0.600. The fraction of sp³-hybridized carbons (Fsp3) is 0.571. The van der Waals surface area contributed by atoms with Crippen LogP contribution in [0.1, 0.15) is 49.0 Å². The van der Waals surface area contributed by atoms with Crippen molar-refractivity contribution in [2.75, 3.05) is 19.3 Å². The smallest absolute Gasteiger partial charge is 0.191 e. The first-order chi connectivity index (χ1) is 14.4. The summed E-state index contributed by atoms with van der Waals surface area (Å²) in [6.45, 7) is 6.80. The van der Waals surface area contributed by atoms with E-state index in [-0.39, 0.29) is 0 Å². The van der Waals surface area contributed by atoms with Crippen molar-refractivity contribution < 1.29 is 8.42 Å². The molecular weight excluding hydrogens is 400 g/mol. The summed E-state index contributed by atoms with van der Waals surface area (Å²) >= 11 is 0. The Morgan fingerprint density at radius 2 is 2.03 bits per heavy atom. The number of hydrogen-bond donors (Lipinski definition) is 2. The second kappa shape index (κ2) is 10.1. The molecule has 0 spiro atoms. The molecular formula is C21H32N6O2S. The Morgan fingerprint density at radius 3 is 2.77 bits per heavy atom. The highest BCUT2D eigenvalue weighted by Gasteiger charge is 2.14. The van der Waals surface area contributed by atoms with Crippen LogP contribution in [0.2, 0.25) is 0 Å². The zero-order chi connectivity index (χ0) is 21.6. The molecule has 0 atom stereocenters. The first-order valence-electron chi connectivity index (χ1n) is 10.6. The summed E-state index contributed by atoms with van der Waals surface area (Å²) in [5.41, 5.74) is 1.72. The largest absolute Gasteiger partial charge is 0.357 e.